The van der Waals surface area contributed by atoms with Crippen molar-refractivity contribution >= 4 is 23.4 Å². The van der Waals surface area contributed by atoms with Gasteiger partial charge in [0.05, 0.1) is 0 Å². The molecule has 3 aromatic rings. The minimum absolute atomic E-state index is 0.201. The van der Waals surface area contributed by atoms with E-state index in [-0.39, 0.29) is 5.91 Å². The third-order valence-corrected chi connectivity index (χ3v) is 4.08. The monoisotopic (exact) mass is 358 g/mol. The first kappa shape index (κ1) is 18.3. The molecule has 0 spiro atoms. The predicted octanol–water partition coefficient (Wildman–Crippen LogP) is 4.81. The zero-order valence-electron chi connectivity index (χ0n) is 15.2. The van der Waals surface area contributed by atoms with Crippen molar-refractivity contribution in [2.24, 2.45) is 0 Å². The van der Waals surface area contributed by atoms with E-state index in [1.807, 2.05) is 73.7 Å². The Hall–Kier alpha value is -3.53. The van der Waals surface area contributed by atoms with Crippen molar-refractivity contribution < 1.29 is 9.53 Å². The number of aryl methyl sites for hydroxylation is 1. The molecule has 0 saturated heterocycles. The first-order valence-electron chi connectivity index (χ1n) is 8.72. The molecular formula is C23H22N2O2. The summed E-state index contributed by atoms with van der Waals surface area (Å²) >= 11 is 0. The number of anilines is 2. The highest BCUT2D eigenvalue weighted by atomic mass is 16.5. The lowest BCUT2D eigenvalue weighted by Gasteiger charge is -2.07. The Morgan fingerprint density at radius 2 is 1.78 bits per heavy atom. The number of benzene rings is 3. The van der Waals surface area contributed by atoms with Crippen LogP contribution in [0.4, 0.5) is 11.4 Å². The Labute approximate surface area is 159 Å². The topological polar surface area (TPSA) is 64.3 Å². The lowest BCUT2D eigenvalue weighted by atomic mass is 10.1. The third kappa shape index (κ3) is 5.47. The molecule has 136 valence electrons. The molecule has 0 aromatic heterocycles. The molecule has 0 radical (unpaired) electrons. The van der Waals surface area contributed by atoms with Crippen LogP contribution in [-0.2, 0) is 11.4 Å². The first-order chi connectivity index (χ1) is 13.1. The summed E-state index contributed by atoms with van der Waals surface area (Å²) in [5.41, 5.74) is 10.1. The Kier molecular flexibility index (Phi) is 5.90. The number of ether oxygens (including phenoxy) is 1. The molecule has 3 rings (SSSR count). The molecule has 27 heavy (non-hydrogen) atoms. The molecule has 0 saturated carbocycles. The third-order valence-electron chi connectivity index (χ3n) is 4.08. The van der Waals surface area contributed by atoms with Crippen LogP contribution >= 0.6 is 0 Å². The smallest absolute Gasteiger partial charge is 0.248 e. The van der Waals surface area contributed by atoms with Gasteiger partial charge < -0.3 is 15.8 Å². The van der Waals surface area contributed by atoms with Gasteiger partial charge in [-0.1, -0.05) is 48.5 Å². The number of nitrogen functional groups attached to an aromatic ring is 1. The molecule has 0 heterocycles. The number of rotatable bonds is 6. The van der Waals surface area contributed by atoms with Gasteiger partial charge in [-0.15, -0.1) is 0 Å². The molecule has 0 unspecified atom stereocenters. The molecule has 0 atom stereocenters. The van der Waals surface area contributed by atoms with Gasteiger partial charge in [0, 0.05) is 17.5 Å². The van der Waals surface area contributed by atoms with Crippen molar-refractivity contribution in [3.8, 4) is 5.75 Å². The number of nitrogens with one attached hydrogen (secondary N) is 1. The molecule has 0 aliphatic heterocycles. The summed E-state index contributed by atoms with van der Waals surface area (Å²) in [6.45, 7) is 2.45. The molecule has 0 bridgehead atoms. The minimum Gasteiger partial charge on any atom is -0.489 e. The summed E-state index contributed by atoms with van der Waals surface area (Å²) in [6, 6.07) is 23.1. The molecule has 0 aliphatic carbocycles. The summed E-state index contributed by atoms with van der Waals surface area (Å²) in [5.74, 6) is 0.587. The fourth-order valence-corrected chi connectivity index (χ4v) is 2.54. The van der Waals surface area contributed by atoms with Crippen LogP contribution in [0, 0.1) is 6.92 Å². The highest BCUT2D eigenvalue weighted by Gasteiger charge is 2.02. The predicted molar refractivity (Wildman–Crippen MR) is 110 cm³/mol. The average Bonchev–Trinajstić information content (AvgIpc) is 2.69. The normalized spacial score (nSPS) is 10.7. The maximum absolute atomic E-state index is 12.1. The van der Waals surface area contributed by atoms with Crippen LogP contribution in [0.5, 0.6) is 5.75 Å². The number of nitrogens with two attached hydrogens (primary N) is 1. The Balaban J connectivity index is 1.55. The van der Waals surface area contributed by atoms with Crippen LogP contribution in [0.1, 0.15) is 16.7 Å². The van der Waals surface area contributed by atoms with E-state index in [4.69, 9.17) is 10.5 Å². The van der Waals surface area contributed by atoms with Gasteiger partial charge >= 0.3 is 0 Å². The van der Waals surface area contributed by atoms with Gasteiger partial charge in [-0.25, -0.2) is 0 Å². The van der Waals surface area contributed by atoms with Crippen molar-refractivity contribution in [2.75, 3.05) is 11.1 Å². The number of hydrogen-bond donors (Lipinski definition) is 2. The van der Waals surface area contributed by atoms with Crippen LogP contribution in [0.2, 0.25) is 0 Å². The molecule has 1 amide bonds. The summed E-state index contributed by atoms with van der Waals surface area (Å²) in [7, 11) is 0. The zero-order valence-corrected chi connectivity index (χ0v) is 15.2. The van der Waals surface area contributed by atoms with Crippen molar-refractivity contribution in [2.45, 2.75) is 13.5 Å². The molecular weight excluding hydrogens is 336 g/mol. The fourth-order valence-electron chi connectivity index (χ4n) is 2.54. The largest absolute Gasteiger partial charge is 0.489 e. The van der Waals surface area contributed by atoms with Crippen LogP contribution in [0.25, 0.3) is 6.08 Å². The SMILES string of the molecule is Cc1ccc(N)cc1NC(=O)/C=C/c1ccc(OCc2ccccc2)cc1. The van der Waals surface area contributed by atoms with Gasteiger partial charge in [0.2, 0.25) is 5.91 Å². The second-order valence-electron chi connectivity index (χ2n) is 6.24. The molecule has 0 aliphatic rings. The molecule has 3 aromatic carbocycles. The number of amides is 1. The van der Waals surface area contributed by atoms with E-state index in [9.17, 15) is 4.79 Å². The number of carbonyl (C=O) groups excluding carboxylic acids is 1. The van der Waals surface area contributed by atoms with Crippen molar-refractivity contribution in [3.05, 3.63) is 95.6 Å². The Morgan fingerprint density at radius 3 is 2.52 bits per heavy atom. The highest BCUT2D eigenvalue weighted by Crippen LogP contribution is 2.18. The standard InChI is InChI=1S/C23H22N2O2/c1-17-7-11-20(24)15-22(17)25-23(26)14-10-18-8-12-21(13-9-18)27-16-19-5-3-2-4-6-19/h2-15H,16,24H2,1H3,(H,25,26)/b14-10+. The summed E-state index contributed by atoms with van der Waals surface area (Å²) in [6.07, 6.45) is 3.26. The average molecular weight is 358 g/mol. The molecule has 0 fully saturated rings. The van der Waals surface area contributed by atoms with Crippen molar-refractivity contribution in [1.29, 1.82) is 0 Å². The van der Waals surface area contributed by atoms with Crippen LogP contribution in [0.3, 0.4) is 0 Å². The van der Waals surface area contributed by atoms with E-state index in [1.54, 1.807) is 12.1 Å². The zero-order chi connectivity index (χ0) is 19.1. The van der Waals surface area contributed by atoms with E-state index < -0.39 is 0 Å². The van der Waals surface area contributed by atoms with Gasteiger partial charge in [-0.3, -0.25) is 4.79 Å². The maximum Gasteiger partial charge on any atom is 0.248 e. The first-order valence-corrected chi connectivity index (χ1v) is 8.72. The summed E-state index contributed by atoms with van der Waals surface area (Å²) < 4.78 is 5.76. The summed E-state index contributed by atoms with van der Waals surface area (Å²) in [5, 5.41) is 2.84. The molecule has 4 nitrogen and oxygen atoms in total. The minimum atomic E-state index is -0.201. The maximum atomic E-state index is 12.1. The van der Waals surface area contributed by atoms with Gasteiger partial charge in [0.25, 0.3) is 0 Å². The van der Waals surface area contributed by atoms with E-state index in [1.165, 1.54) is 6.08 Å². The van der Waals surface area contributed by atoms with Gasteiger partial charge in [0.1, 0.15) is 12.4 Å². The molecule has 3 N–H and O–H groups in total. The quantitative estimate of drug-likeness (QED) is 0.491. The van der Waals surface area contributed by atoms with Crippen LogP contribution in [-0.4, -0.2) is 5.91 Å². The van der Waals surface area contributed by atoms with Crippen molar-refractivity contribution in [3.63, 3.8) is 0 Å². The highest BCUT2D eigenvalue weighted by molar-refractivity contribution is 6.02. The van der Waals surface area contributed by atoms with Gasteiger partial charge in [0.15, 0.2) is 0 Å². The fraction of sp³-hybridized carbons (Fsp3) is 0.0870. The van der Waals surface area contributed by atoms with Crippen LogP contribution in [0.15, 0.2) is 78.9 Å². The summed E-state index contributed by atoms with van der Waals surface area (Å²) in [4.78, 5) is 12.1. The van der Waals surface area contributed by atoms with E-state index in [2.05, 4.69) is 5.32 Å². The lowest BCUT2D eigenvalue weighted by molar-refractivity contribution is -0.111. The molecule has 4 heteroatoms. The Bertz CT molecular complexity index is 932. The number of carbonyl (C=O) groups is 1. The van der Waals surface area contributed by atoms with E-state index in [0.717, 1.165) is 22.4 Å². The van der Waals surface area contributed by atoms with E-state index >= 15 is 0 Å². The van der Waals surface area contributed by atoms with Crippen molar-refractivity contribution in [1.82, 2.24) is 0 Å². The van der Waals surface area contributed by atoms with E-state index in [0.29, 0.717) is 18.0 Å². The van der Waals surface area contributed by atoms with Crippen LogP contribution < -0.4 is 15.8 Å². The van der Waals surface area contributed by atoms with Gasteiger partial charge in [-0.2, -0.15) is 0 Å². The lowest BCUT2D eigenvalue weighted by Crippen LogP contribution is -2.09. The Morgan fingerprint density at radius 1 is 1.04 bits per heavy atom. The number of hydrogen-bond acceptors (Lipinski definition) is 3. The van der Waals surface area contributed by atoms with Gasteiger partial charge in [-0.05, 0) is 54.0 Å². The second kappa shape index (κ2) is 8.72. The second-order valence-corrected chi connectivity index (χ2v) is 6.24.